The molecular formula is C17H28O3. The molecule has 3 atom stereocenters. The largest absolute Gasteiger partial charge is 0.494 e. The summed E-state index contributed by atoms with van der Waals surface area (Å²) >= 11 is 0. The average molecular weight is 280 g/mol. The predicted molar refractivity (Wildman–Crippen MR) is 82.4 cm³/mol. The molecule has 20 heavy (non-hydrogen) atoms. The second-order valence-electron chi connectivity index (χ2n) is 5.58. The van der Waals surface area contributed by atoms with Crippen molar-refractivity contribution in [3.05, 3.63) is 28.8 Å². The summed E-state index contributed by atoms with van der Waals surface area (Å²) in [6.07, 6.45) is -0.152. The topological polar surface area (TPSA) is 49.7 Å². The van der Waals surface area contributed by atoms with Gasteiger partial charge in [-0.15, -0.1) is 0 Å². The molecule has 1 rings (SSSR count). The van der Waals surface area contributed by atoms with Crippen molar-refractivity contribution >= 4 is 0 Å². The van der Waals surface area contributed by atoms with Crippen LogP contribution in [-0.4, -0.2) is 29.0 Å². The van der Waals surface area contributed by atoms with Crippen LogP contribution < -0.4 is 4.74 Å². The van der Waals surface area contributed by atoms with E-state index in [1.54, 1.807) is 0 Å². The molecule has 0 aliphatic heterocycles. The Morgan fingerprint density at radius 3 is 2.05 bits per heavy atom. The van der Waals surface area contributed by atoms with Crippen molar-refractivity contribution < 1.29 is 14.9 Å². The number of ether oxygens (including phenoxy) is 1. The molecule has 114 valence electrons. The fourth-order valence-electron chi connectivity index (χ4n) is 2.87. The molecule has 0 fully saturated rings. The second-order valence-corrected chi connectivity index (χ2v) is 5.58. The SMILES string of the molecule is CCOc1cc(C)c(C(C)CC(O)C(O)CC)c(C)c1. The first-order valence-corrected chi connectivity index (χ1v) is 7.50. The Kier molecular flexibility index (Phi) is 6.50. The molecule has 3 heteroatoms. The van der Waals surface area contributed by atoms with Gasteiger partial charge in [-0.25, -0.2) is 0 Å². The first-order chi connectivity index (χ1) is 9.40. The number of benzene rings is 1. The van der Waals surface area contributed by atoms with Crippen molar-refractivity contribution in [2.75, 3.05) is 6.61 Å². The minimum absolute atomic E-state index is 0.210. The first kappa shape index (κ1) is 17.0. The fourth-order valence-corrected chi connectivity index (χ4v) is 2.87. The number of aryl methyl sites for hydroxylation is 2. The van der Waals surface area contributed by atoms with Crippen LogP contribution in [0.15, 0.2) is 12.1 Å². The van der Waals surface area contributed by atoms with Crippen LogP contribution in [0, 0.1) is 13.8 Å². The van der Waals surface area contributed by atoms with Gasteiger partial charge in [0.1, 0.15) is 5.75 Å². The zero-order valence-corrected chi connectivity index (χ0v) is 13.3. The number of aliphatic hydroxyl groups excluding tert-OH is 2. The van der Waals surface area contributed by atoms with Gasteiger partial charge in [-0.2, -0.15) is 0 Å². The van der Waals surface area contributed by atoms with Crippen LogP contribution in [0.5, 0.6) is 5.75 Å². The summed E-state index contributed by atoms with van der Waals surface area (Å²) in [6, 6.07) is 4.09. The smallest absolute Gasteiger partial charge is 0.119 e. The van der Waals surface area contributed by atoms with Crippen molar-refractivity contribution in [2.24, 2.45) is 0 Å². The second kappa shape index (κ2) is 7.65. The summed E-state index contributed by atoms with van der Waals surface area (Å²) in [7, 11) is 0. The highest BCUT2D eigenvalue weighted by Gasteiger charge is 2.21. The summed E-state index contributed by atoms with van der Waals surface area (Å²) in [4.78, 5) is 0. The zero-order valence-electron chi connectivity index (χ0n) is 13.3. The molecule has 0 saturated heterocycles. The standard InChI is InChI=1S/C17H28O3/c1-6-15(18)16(19)10-13(5)17-11(3)8-14(20-7-2)9-12(17)4/h8-9,13,15-16,18-19H,6-7,10H2,1-5H3. The molecule has 1 aromatic carbocycles. The number of hydrogen-bond donors (Lipinski definition) is 2. The van der Waals surface area contributed by atoms with E-state index in [9.17, 15) is 10.2 Å². The molecule has 3 unspecified atom stereocenters. The van der Waals surface area contributed by atoms with E-state index in [2.05, 4.69) is 20.8 Å². The normalized spacial score (nSPS) is 15.8. The van der Waals surface area contributed by atoms with Crippen LogP contribution in [0.4, 0.5) is 0 Å². The van der Waals surface area contributed by atoms with Crippen molar-refractivity contribution in [1.82, 2.24) is 0 Å². The Morgan fingerprint density at radius 2 is 1.60 bits per heavy atom. The van der Waals surface area contributed by atoms with E-state index in [1.165, 1.54) is 16.7 Å². The van der Waals surface area contributed by atoms with Gasteiger partial charge >= 0.3 is 0 Å². The van der Waals surface area contributed by atoms with Crippen LogP contribution in [0.25, 0.3) is 0 Å². The Labute approximate surface area is 122 Å². The van der Waals surface area contributed by atoms with Crippen LogP contribution in [0.3, 0.4) is 0 Å². The summed E-state index contributed by atoms with van der Waals surface area (Å²) in [6.45, 7) is 10.8. The fraction of sp³-hybridized carbons (Fsp3) is 0.647. The molecule has 0 amide bonds. The third-order valence-corrected chi connectivity index (χ3v) is 3.83. The Balaban J connectivity index is 2.90. The first-order valence-electron chi connectivity index (χ1n) is 7.50. The maximum Gasteiger partial charge on any atom is 0.119 e. The van der Waals surface area contributed by atoms with Crippen molar-refractivity contribution in [3.63, 3.8) is 0 Å². The van der Waals surface area contributed by atoms with E-state index in [0.717, 1.165) is 5.75 Å². The third-order valence-electron chi connectivity index (χ3n) is 3.83. The molecule has 2 N–H and O–H groups in total. The van der Waals surface area contributed by atoms with Gasteiger partial charge in [0, 0.05) is 0 Å². The van der Waals surface area contributed by atoms with Gasteiger partial charge in [0.25, 0.3) is 0 Å². The van der Waals surface area contributed by atoms with Gasteiger partial charge in [0.05, 0.1) is 18.8 Å². The van der Waals surface area contributed by atoms with Crippen LogP contribution >= 0.6 is 0 Å². The minimum atomic E-state index is -0.666. The molecule has 3 nitrogen and oxygen atoms in total. The predicted octanol–water partition coefficient (Wildman–Crippen LogP) is 3.33. The summed E-state index contributed by atoms with van der Waals surface area (Å²) in [5, 5.41) is 19.7. The van der Waals surface area contributed by atoms with E-state index in [-0.39, 0.29) is 5.92 Å². The number of rotatable bonds is 7. The van der Waals surface area contributed by atoms with E-state index in [0.29, 0.717) is 19.4 Å². The van der Waals surface area contributed by atoms with Crippen molar-refractivity contribution in [3.8, 4) is 5.75 Å². The summed E-state index contributed by atoms with van der Waals surface area (Å²) in [5.41, 5.74) is 3.61. The van der Waals surface area contributed by atoms with Gasteiger partial charge in [0.2, 0.25) is 0 Å². The highest BCUT2D eigenvalue weighted by molar-refractivity contribution is 5.43. The van der Waals surface area contributed by atoms with E-state index >= 15 is 0 Å². The maximum absolute atomic E-state index is 10.00. The van der Waals surface area contributed by atoms with Crippen LogP contribution in [-0.2, 0) is 0 Å². The molecule has 0 radical (unpaired) electrons. The molecule has 0 aliphatic carbocycles. The molecular weight excluding hydrogens is 252 g/mol. The summed E-state index contributed by atoms with van der Waals surface area (Å²) in [5.74, 6) is 1.11. The molecule has 0 aromatic heterocycles. The molecule has 1 aromatic rings. The Bertz CT molecular complexity index is 405. The lowest BCUT2D eigenvalue weighted by molar-refractivity contribution is 0.00948. The lowest BCUT2D eigenvalue weighted by Crippen LogP contribution is -2.26. The van der Waals surface area contributed by atoms with E-state index in [4.69, 9.17) is 4.74 Å². The van der Waals surface area contributed by atoms with Gasteiger partial charge in [-0.05, 0) is 68.4 Å². The van der Waals surface area contributed by atoms with Gasteiger partial charge in [-0.3, -0.25) is 0 Å². The monoisotopic (exact) mass is 280 g/mol. The van der Waals surface area contributed by atoms with Gasteiger partial charge in [-0.1, -0.05) is 13.8 Å². The highest BCUT2D eigenvalue weighted by Crippen LogP contribution is 2.31. The molecule has 0 bridgehead atoms. The highest BCUT2D eigenvalue weighted by atomic mass is 16.5. The van der Waals surface area contributed by atoms with E-state index in [1.807, 2.05) is 26.0 Å². The molecule has 0 spiro atoms. The van der Waals surface area contributed by atoms with Crippen molar-refractivity contribution in [2.45, 2.75) is 65.6 Å². The third kappa shape index (κ3) is 4.22. The molecule has 0 heterocycles. The van der Waals surface area contributed by atoms with E-state index < -0.39 is 12.2 Å². The van der Waals surface area contributed by atoms with Gasteiger partial charge in [0.15, 0.2) is 0 Å². The molecule has 0 aliphatic rings. The zero-order chi connectivity index (χ0) is 15.3. The minimum Gasteiger partial charge on any atom is -0.494 e. The van der Waals surface area contributed by atoms with Crippen LogP contribution in [0.1, 0.15) is 56.2 Å². The maximum atomic E-state index is 10.00. The van der Waals surface area contributed by atoms with Crippen LogP contribution in [0.2, 0.25) is 0 Å². The lowest BCUT2D eigenvalue weighted by Gasteiger charge is -2.23. The number of hydrogen-bond acceptors (Lipinski definition) is 3. The number of aliphatic hydroxyl groups is 2. The molecule has 0 saturated carbocycles. The Morgan fingerprint density at radius 1 is 1.05 bits per heavy atom. The quantitative estimate of drug-likeness (QED) is 0.805. The summed E-state index contributed by atoms with van der Waals surface area (Å²) < 4.78 is 5.55. The lowest BCUT2D eigenvalue weighted by atomic mass is 9.87. The van der Waals surface area contributed by atoms with Gasteiger partial charge < -0.3 is 14.9 Å². The average Bonchev–Trinajstić information content (AvgIpc) is 2.37. The Hall–Kier alpha value is -1.06. The van der Waals surface area contributed by atoms with Crippen molar-refractivity contribution in [1.29, 1.82) is 0 Å².